The quantitative estimate of drug-likeness (QED) is 0.476. The van der Waals surface area contributed by atoms with Crippen molar-refractivity contribution in [3.8, 4) is 6.07 Å². The van der Waals surface area contributed by atoms with Gasteiger partial charge in [0.05, 0.1) is 17.1 Å². The van der Waals surface area contributed by atoms with Crippen molar-refractivity contribution in [1.82, 2.24) is 9.97 Å². The highest BCUT2D eigenvalue weighted by atomic mass is 16.2. The summed E-state index contributed by atoms with van der Waals surface area (Å²) in [6.45, 7) is 6.23. The lowest BCUT2D eigenvalue weighted by Gasteiger charge is -2.23. The van der Waals surface area contributed by atoms with Gasteiger partial charge in [-0.05, 0) is 52.8 Å². The van der Waals surface area contributed by atoms with Gasteiger partial charge in [-0.3, -0.25) is 9.59 Å². The normalized spacial score (nSPS) is 11.5. The monoisotopic (exact) mass is 384 g/mol. The van der Waals surface area contributed by atoms with E-state index in [1.54, 1.807) is 18.2 Å². The Hall–Kier alpha value is -3.85. The first kappa shape index (κ1) is 18.5. The Morgan fingerprint density at radius 1 is 1.07 bits per heavy atom. The third kappa shape index (κ3) is 3.27. The second-order valence-electron chi connectivity index (χ2n) is 8.07. The summed E-state index contributed by atoms with van der Waals surface area (Å²) in [5, 5.41) is 13.4. The number of hydrogen-bond donors (Lipinski definition) is 3. The fraction of sp³-hybridized carbons (Fsp3) is 0.174. The Kier molecular flexibility index (Phi) is 4.24. The zero-order valence-corrected chi connectivity index (χ0v) is 16.4. The molecule has 0 aliphatic heterocycles. The number of carbonyl (C=O) groups is 1. The Labute approximate surface area is 167 Å². The molecule has 6 heteroatoms. The summed E-state index contributed by atoms with van der Waals surface area (Å²) in [6.07, 6.45) is 3.25. The summed E-state index contributed by atoms with van der Waals surface area (Å²) in [7, 11) is 0. The molecule has 0 bridgehead atoms. The molecule has 2 aromatic heterocycles. The lowest BCUT2D eigenvalue weighted by atomic mass is 9.85. The number of nitrogens with one attached hydrogen (secondary N) is 3. The zero-order chi connectivity index (χ0) is 20.8. The molecule has 0 radical (unpaired) electrons. The van der Waals surface area contributed by atoms with E-state index in [9.17, 15) is 9.59 Å². The van der Waals surface area contributed by atoms with Gasteiger partial charge in [0, 0.05) is 29.0 Å². The highest BCUT2D eigenvalue weighted by molar-refractivity contribution is 6.07. The lowest BCUT2D eigenvalue weighted by molar-refractivity contribution is 0.102. The molecule has 0 saturated heterocycles. The highest BCUT2D eigenvalue weighted by Crippen LogP contribution is 2.33. The number of nitriles is 1. The Bertz CT molecular complexity index is 1360. The molecule has 4 aromatic rings. The largest absolute Gasteiger partial charge is 0.361 e. The van der Waals surface area contributed by atoms with Crippen LogP contribution in [0, 0.1) is 11.3 Å². The fourth-order valence-corrected chi connectivity index (χ4v) is 3.47. The fourth-order valence-electron chi connectivity index (χ4n) is 3.47. The van der Waals surface area contributed by atoms with Gasteiger partial charge in [0.25, 0.3) is 5.91 Å². The van der Waals surface area contributed by atoms with Crippen LogP contribution in [0.2, 0.25) is 0 Å². The molecule has 0 atom stereocenters. The zero-order valence-electron chi connectivity index (χ0n) is 16.4. The van der Waals surface area contributed by atoms with E-state index in [-0.39, 0.29) is 16.4 Å². The van der Waals surface area contributed by atoms with E-state index in [1.165, 1.54) is 6.20 Å². The molecule has 1 amide bonds. The molecule has 0 fully saturated rings. The molecule has 0 saturated carbocycles. The van der Waals surface area contributed by atoms with Crippen molar-refractivity contribution >= 4 is 33.4 Å². The van der Waals surface area contributed by atoms with E-state index < -0.39 is 5.91 Å². The van der Waals surface area contributed by atoms with Crippen molar-refractivity contribution in [2.75, 3.05) is 5.32 Å². The van der Waals surface area contributed by atoms with Crippen molar-refractivity contribution in [2.45, 2.75) is 26.2 Å². The highest BCUT2D eigenvalue weighted by Gasteiger charge is 2.22. The van der Waals surface area contributed by atoms with Gasteiger partial charge in [0.2, 0.25) is 5.43 Å². The number of carbonyl (C=O) groups excluding carboxylic acids is 1. The van der Waals surface area contributed by atoms with Crippen molar-refractivity contribution in [3.63, 3.8) is 0 Å². The van der Waals surface area contributed by atoms with Crippen LogP contribution in [0.15, 0.2) is 53.6 Å². The average Bonchev–Trinajstić information content (AvgIpc) is 3.14. The van der Waals surface area contributed by atoms with Crippen LogP contribution in [-0.4, -0.2) is 15.9 Å². The molecule has 0 unspecified atom stereocenters. The molecule has 0 aliphatic rings. The van der Waals surface area contributed by atoms with Crippen molar-refractivity contribution in [1.29, 1.82) is 5.26 Å². The van der Waals surface area contributed by atoms with Crippen LogP contribution in [-0.2, 0) is 5.41 Å². The topological polar surface area (TPSA) is 102 Å². The number of hydrogen-bond acceptors (Lipinski definition) is 3. The number of pyridine rings is 1. The Balaban J connectivity index is 1.78. The minimum atomic E-state index is -0.478. The number of aromatic nitrogens is 2. The van der Waals surface area contributed by atoms with E-state index in [0.717, 1.165) is 16.5 Å². The SMILES string of the molecule is CC(C)(C)c1cc2cc[nH]c2cc1NC(=O)c1c[nH]c2cc(C#N)ccc2c1=O. The van der Waals surface area contributed by atoms with Crippen LogP contribution < -0.4 is 10.7 Å². The first-order chi connectivity index (χ1) is 13.8. The first-order valence-corrected chi connectivity index (χ1v) is 9.26. The lowest BCUT2D eigenvalue weighted by Crippen LogP contribution is -2.24. The van der Waals surface area contributed by atoms with Gasteiger partial charge in [-0.15, -0.1) is 0 Å². The summed E-state index contributed by atoms with van der Waals surface area (Å²) < 4.78 is 0. The molecule has 0 spiro atoms. The molecular weight excluding hydrogens is 364 g/mol. The smallest absolute Gasteiger partial charge is 0.261 e. The molecule has 4 rings (SSSR count). The minimum absolute atomic E-state index is 0.0219. The van der Waals surface area contributed by atoms with Gasteiger partial charge in [-0.1, -0.05) is 20.8 Å². The Morgan fingerprint density at radius 2 is 1.86 bits per heavy atom. The number of amides is 1. The predicted octanol–water partition coefficient (Wildman–Crippen LogP) is 4.43. The maximum atomic E-state index is 13.0. The molecule has 0 aliphatic carbocycles. The number of benzene rings is 2. The second-order valence-corrected chi connectivity index (χ2v) is 8.07. The standard InChI is InChI=1S/C23H20N4O2/c1-23(2,3)17-9-14-6-7-25-18(14)10-20(17)27-22(29)16-12-26-19-8-13(11-24)4-5-15(19)21(16)28/h4-10,12,25H,1-3H3,(H,26,28)(H,27,29). The average molecular weight is 384 g/mol. The van der Waals surface area contributed by atoms with E-state index >= 15 is 0 Å². The van der Waals surface area contributed by atoms with Crippen LogP contribution in [0.3, 0.4) is 0 Å². The summed E-state index contributed by atoms with van der Waals surface area (Å²) in [6, 6.07) is 12.7. The molecule has 29 heavy (non-hydrogen) atoms. The summed E-state index contributed by atoms with van der Waals surface area (Å²) >= 11 is 0. The number of fused-ring (bicyclic) bond motifs is 2. The van der Waals surface area contributed by atoms with Gasteiger partial charge in [0.15, 0.2) is 0 Å². The van der Waals surface area contributed by atoms with Crippen LogP contribution >= 0.6 is 0 Å². The van der Waals surface area contributed by atoms with Crippen LogP contribution in [0.25, 0.3) is 21.8 Å². The van der Waals surface area contributed by atoms with Crippen molar-refractivity contribution in [2.24, 2.45) is 0 Å². The molecule has 3 N–H and O–H groups in total. The Morgan fingerprint density at radius 3 is 2.59 bits per heavy atom. The minimum Gasteiger partial charge on any atom is -0.361 e. The van der Waals surface area contributed by atoms with Crippen LogP contribution in [0.1, 0.15) is 42.3 Å². The second kappa shape index (κ2) is 6.64. The van der Waals surface area contributed by atoms with E-state index in [2.05, 4.69) is 42.1 Å². The number of H-pyrrole nitrogens is 2. The van der Waals surface area contributed by atoms with Gasteiger partial charge >= 0.3 is 0 Å². The van der Waals surface area contributed by atoms with Crippen LogP contribution in [0.5, 0.6) is 0 Å². The summed E-state index contributed by atoms with van der Waals surface area (Å²) in [5.41, 5.74) is 2.97. The van der Waals surface area contributed by atoms with Gasteiger partial charge in [0.1, 0.15) is 5.56 Å². The number of anilines is 1. The summed E-state index contributed by atoms with van der Waals surface area (Å²) in [4.78, 5) is 31.9. The molecule has 2 aromatic carbocycles. The van der Waals surface area contributed by atoms with Gasteiger partial charge in [-0.2, -0.15) is 5.26 Å². The predicted molar refractivity (Wildman–Crippen MR) is 114 cm³/mol. The maximum Gasteiger partial charge on any atom is 0.261 e. The summed E-state index contributed by atoms with van der Waals surface area (Å²) in [5.74, 6) is -0.478. The first-order valence-electron chi connectivity index (χ1n) is 9.26. The number of nitrogens with zero attached hydrogens (tertiary/aromatic N) is 1. The molecule has 6 nitrogen and oxygen atoms in total. The van der Waals surface area contributed by atoms with Crippen molar-refractivity contribution in [3.05, 3.63) is 75.7 Å². The third-order valence-corrected chi connectivity index (χ3v) is 5.00. The van der Waals surface area contributed by atoms with Gasteiger partial charge in [-0.25, -0.2) is 0 Å². The van der Waals surface area contributed by atoms with E-state index in [0.29, 0.717) is 22.2 Å². The van der Waals surface area contributed by atoms with Crippen molar-refractivity contribution < 1.29 is 4.79 Å². The molecule has 144 valence electrons. The maximum absolute atomic E-state index is 13.0. The molecule has 2 heterocycles. The van der Waals surface area contributed by atoms with E-state index in [1.807, 2.05) is 24.4 Å². The van der Waals surface area contributed by atoms with Gasteiger partial charge < -0.3 is 15.3 Å². The number of aromatic amines is 2. The molecular formula is C23H20N4O2. The van der Waals surface area contributed by atoms with Crippen LogP contribution in [0.4, 0.5) is 5.69 Å². The third-order valence-electron chi connectivity index (χ3n) is 5.00. The van der Waals surface area contributed by atoms with E-state index in [4.69, 9.17) is 5.26 Å². The number of rotatable bonds is 2.